The summed E-state index contributed by atoms with van der Waals surface area (Å²) in [5.74, 6) is -2.89. The second-order valence-electron chi connectivity index (χ2n) is 12.4. The van der Waals surface area contributed by atoms with Crippen LogP contribution in [-0.2, 0) is 16.1 Å². The van der Waals surface area contributed by atoms with Gasteiger partial charge in [-0.25, -0.2) is 13.6 Å². The van der Waals surface area contributed by atoms with Gasteiger partial charge in [-0.3, -0.25) is 9.59 Å². The molecule has 1 saturated heterocycles. The number of piperidine rings is 1. The van der Waals surface area contributed by atoms with Crippen LogP contribution >= 0.6 is 0 Å². The number of ether oxygens (including phenoxy) is 2. The molecule has 5 rings (SSSR count). The van der Waals surface area contributed by atoms with Crippen LogP contribution in [0.4, 0.5) is 13.6 Å². The lowest BCUT2D eigenvalue weighted by atomic mass is 9.96. The van der Waals surface area contributed by atoms with Crippen molar-refractivity contribution in [1.82, 2.24) is 9.80 Å². The summed E-state index contributed by atoms with van der Waals surface area (Å²) in [6.45, 7) is 6.31. The van der Waals surface area contributed by atoms with Gasteiger partial charge in [0, 0.05) is 30.8 Å². The summed E-state index contributed by atoms with van der Waals surface area (Å²) < 4.78 is 45.0. The van der Waals surface area contributed by atoms with Crippen LogP contribution in [0.2, 0.25) is 0 Å². The van der Waals surface area contributed by atoms with Gasteiger partial charge in [0.1, 0.15) is 30.1 Å². The number of carbonyl (C=O) groups excluding carboxylic acids is 2. The molecule has 0 spiro atoms. The van der Waals surface area contributed by atoms with E-state index >= 15 is 0 Å². The Kier molecular flexibility index (Phi) is 9.60. The van der Waals surface area contributed by atoms with E-state index in [0.29, 0.717) is 53.9 Å². The summed E-state index contributed by atoms with van der Waals surface area (Å²) in [4.78, 5) is 40.5. The van der Waals surface area contributed by atoms with Gasteiger partial charge in [-0.1, -0.05) is 24.3 Å². The van der Waals surface area contributed by atoms with Gasteiger partial charge < -0.3 is 28.8 Å². The van der Waals surface area contributed by atoms with Crippen molar-refractivity contribution in [1.29, 1.82) is 0 Å². The van der Waals surface area contributed by atoms with E-state index in [9.17, 15) is 28.3 Å². The van der Waals surface area contributed by atoms with Gasteiger partial charge in [-0.15, -0.1) is 0 Å². The Hall–Kier alpha value is -4.93. The fourth-order valence-corrected chi connectivity index (χ4v) is 5.48. The van der Waals surface area contributed by atoms with E-state index in [1.807, 2.05) is 20.8 Å². The molecule has 4 aromatic rings. The van der Waals surface area contributed by atoms with Crippen molar-refractivity contribution in [3.8, 4) is 16.9 Å². The molecule has 11 heteroatoms. The molecule has 0 unspecified atom stereocenters. The highest BCUT2D eigenvalue weighted by Crippen LogP contribution is 2.33. The maximum atomic E-state index is 14.2. The van der Waals surface area contributed by atoms with E-state index < -0.39 is 35.7 Å². The van der Waals surface area contributed by atoms with E-state index in [1.54, 1.807) is 53.4 Å². The molecule has 1 aromatic heterocycles. The van der Waals surface area contributed by atoms with Gasteiger partial charge in [0.2, 0.25) is 0 Å². The zero-order chi connectivity index (χ0) is 33.0. The number of fused-ring (bicyclic) bond motifs is 1. The molecular weight excluding hydrogens is 598 g/mol. The van der Waals surface area contributed by atoms with Crippen LogP contribution < -0.4 is 4.74 Å². The summed E-state index contributed by atoms with van der Waals surface area (Å²) in [6.07, 6.45) is 2.18. The first kappa shape index (κ1) is 32.5. The summed E-state index contributed by atoms with van der Waals surface area (Å²) in [5.41, 5.74) is 1.73. The average Bonchev–Trinajstić information content (AvgIpc) is 3.51. The molecule has 1 aliphatic rings. The fraction of sp³-hybridized carbons (Fsp3) is 0.343. The van der Waals surface area contributed by atoms with Crippen molar-refractivity contribution in [3.05, 3.63) is 89.7 Å². The Labute approximate surface area is 265 Å². The van der Waals surface area contributed by atoms with E-state index in [1.165, 1.54) is 17.2 Å². The molecule has 242 valence electrons. The van der Waals surface area contributed by atoms with Crippen LogP contribution in [0.15, 0.2) is 71.3 Å². The average molecular weight is 635 g/mol. The number of amides is 2. The van der Waals surface area contributed by atoms with Crippen LogP contribution in [0.25, 0.3) is 22.1 Å². The first-order valence-electron chi connectivity index (χ1n) is 15.0. The number of furan rings is 1. The monoisotopic (exact) mass is 634 g/mol. The molecule has 2 heterocycles. The topological polar surface area (TPSA) is 110 Å². The minimum absolute atomic E-state index is 0.0340. The minimum Gasteiger partial charge on any atom is -0.489 e. The molecular formula is C35H36F2N2O7. The quantitative estimate of drug-likeness (QED) is 0.209. The molecule has 3 aromatic carbocycles. The van der Waals surface area contributed by atoms with E-state index in [0.717, 1.165) is 6.07 Å². The van der Waals surface area contributed by atoms with Crippen molar-refractivity contribution in [3.63, 3.8) is 0 Å². The number of hydrogen-bond donors (Lipinski definition) is 1. The highest BCUT2D eigenvalue weighted by molar-refractivity contribution is 5.96. The van der Waals surface area contributed by atoms with Crippen LogP contribution in [0.1, 0.15) is 49.5 Å². The van der Waals surface area contributed by atoms with Gasteiger partial charge in [0.15, 0.2) is 11.6 Å². The van der Waals surface area contributed by atoms with Gasteiger partial charge in [0.25, 0.3) is 5.91 Å². The number of carboxylic acids is 1. The fourth-order valence-electron chi connectivity index (χ4n) is 5.48. The molecule has 0 aliphatic carbocycles. The predicted octanol–water partition coefficient (Wildman–Crippen LogP) is 7.13. The SMILES string of the molecule is CC(C)(C)OC(=O)N1CCC(CN(CC(=O)O)C(=O)c2cccc(COc3ccc(-c4cc(F)c(F)c5ccoc45)cc3)c2)CC1. The van der Waals surface area contributed by atoms with Gasteiger partial charge >= 0.3 is 12.1 Å². The molecule has 0 radical (unpaired) electrons. The molecule has 0 bridgehead atoms. The van der Waals surface area contributed by atoms with Crippen molar-refractivity contribution in [2.75, 3.05) is 26.2 Å². The molecule has 0 saturated carbocycles. The Bertz CT molecular complexity index is 1720. The first-order chi connectivity index (χ1) is 21.9. The summed E-state index contributed by atoms with van der Waals surface area (Å²) in [5, 5.41) is 9.60. The molecule has 46 heavy (non-hydrogen) atoms. The minimum atomic E-state index is -1.11. The molecule has 9 nitrogen and oxygen atoms in total. The smallest absolute Gasteiger partial charge is 0.410 e. The number of benzene rings is 3. The van der Waals surface area contributed by atoms with Crippen molar-refractivity contribution >= 4 is 28.9 Å². The van der Waals surface area contributed by atoms with Crippen LogP contribution in [-0.4, -0.2) is 64.7 Å². The summed E-state index contributed by atoms with van der Waals surface area (Å²) >= 11 is 0. The number of carboxylic acid groups (broad SMARTS) is 1. The zero-order valence-electron chi connectivity index (χ0n) is 25.9. The number of likely N-dealkylation sites (tertiary alicyclic amines) is 1. The summed E-state index contributed by atoms with van der Waals surface area (Å²) in [6, 6.07) is 16.1. The van der Waals surface area contributed by atoms with Crippen molar-refractivity contribution in [2.45, 2.75) is 45.8 Å². The number of hydrogen-bond acceptors (Lipinski definition) is 6. The standard InChI is InChI=1S/C35H36F2N2O7/c1-35(2,3)46-34(43)38-14-11-22(12-15-38)19-39(20-30(40)41)33(42)25-6-4-5-23(17-25)21-45-26-9-7-24(8-10-26)28-18-29(36)31(37)27-13-16-44-32(27)28/h4-10,13,16-18,22H,11-12,14-15,19-21H2,1-3H3,(H,40,41). The van der Waals surface area contributed by atoms with Crippen LogP contribution in [0.3, 0.4) is 0 Å². The van der Waals surface area contributed by atoms with E-state index in [-0.39, 0.29) is 36.1 Å². The Morgan fingerprint density at radius 2 is 1.74 bits per heavy atom. The Morgan fingerprint density at radius 1 is 1.02 bits per heavy atom. The second-order valence-corrected chi connectivity index (χ2v) is 12.4. The van der Waals surface area contributed by atoms with Gasteiger partial charge in [0.05, 0.1) is 11.6 Å². The third-order valence-electron chi connectivity index (χ3n) is 7.73. The van der Waals surface area contributed by atoms with Crippen LogP contribution in [0, 0.1) is 17.6 Å². The lowest BCUT2D eigenvalue weighted by Crippen LogP contribution is -2.45. The lowest BCUT2D eigenvalue weighted by molar-refractivity contribution is -0.137. The van der Waals surface area contributed by atoms with Crippen molar-refractivity contribution in [2.24, 2.45) is 5.92 Å². The van der Waals surface area contributed by atoms with Gasteiger partial charge in [-0.05, 0) is 87.1 Å². The molecule has 2 amide bonds. The second kappa shape index (κ2) is 13.6. The van der Waals surface area contributed by atoms with Crippen LogP contribution in [0.5, 0.6) is 5.75 Å². The zero-order valence-corrected chi connectivity index (χ0v) is 25.9. The van der Waals surface area contributed by atoms with Crippen molar-refractivity contribution < 1.29 is 42.2 Å². The maximum absolute atomic E-state index is 14.2. The lowest BCUT2D eigenvalue weighted by Gasteiger charge is -2.35. The number of aliphatic carboxylic acids is 1. The highest BCUT2D eigenvalue weighted by atomic mass is 19.2. The molecule has 1 fully saturated rings. The number of nitrogens with zero attached hydrogens (tertiary/aromatic N) is 2. The normalized spacial score (nSPS) is 13.9. The Morgan fingerprint density at radius 3 is 2.41 bits per heavy atom. The third-order valence-corrected chi connectivity index (χ3v) is 7.73. The highest BCUT2D eigenvalue weighted by Gasteiger charge is 2.29. The first-order valence-corrected chi connectivity index (χ1v) is 15.0. The molecule has 0 atom stereocenters. The summed E-state index contributed by atoms with van der Waals surface area (Å²) in [7, 11) is 0. The largest absolute Gasteiger partial charge is 0.489 e. The Balaban J connectivity index is 1.20. The number of carbonyl (C=O) groups is 3. The molecule has 1 aliphatic heterocycles. The maximum Gasteiger partial charge on any atom is 0.410 e. The van der Waals surface area contributed by atoms with Gasteiger partial charge in [-0.2, -0.15) is 0 Å². The van der Waals surface area contributed by atoms with E-state index in [4.69, 9.17) is 13.9 Å². The third kappa shape index (κ3) is 7.82. The predicted molar refractivity (Wildman–Crippen MR) is 166 cm³/mol. The number of rotatable bonds is 9. The molecule has 1 N–H and O–H groups in total. The van der Waals surface area contributed by atoms with E-state index in [2.05, 4.69) is 0 Å². The number of halogens is 2.